The summed E-state index contributed by atoms with van der Waals surface area (Å²) in [5.41, 5.74) is 0.986. The van der Waals surface area contributed by atoms with Gasteiger partial charge >= 0.3 is 5.97 Å². The summed E-state index contributed by atoms with van der Waals surface area (Å²) in [7, 11) is 0. The lowest BCUT2D eigenvalue weighted by molar-refractivity contribution is -0.148. The molecule has 138 valence electrons. The van der Waals surface area contributed by atoms with Gasteiger partial charge in [0.1, 0.15) is 0 Å². The van der Waals surface area contributed by atoms with Crippen molar-refractivity contribution in [1.29, 1.82) is 0 Å². The van der Waals surface area contributed by atoms with Crippen LogP contribution in [-0.2, 0) is 16.0 Å². The van der Waals surface area contributed by atoms with E-state index in [9.17, 15) is 14.7 Å². The first-order valence-corrected chi connectivity index (χ1v) is 9.20. The molecule has 2 N–H and O–H groups in total. The van der Waals surface area contributed by atoms with Crippen molar-refractivity contribution in [2.45, 2.75) is 65.0 Å². The quantitative estimate of drug-likeness (QED) is 0.718. The molecule has 0 radical (unpaired) electrons. The second kappa shape index (κ2) is 8.48. The lowest BCUT2D eigenvalue weighted by Crippen LogP contribution is -2.64. The Balaban J connectivity index is 1.94. The standard InChI is InChI=1S/C20H29NO4/c1-4-20(5-2)16(13-17(20)25-6-3)21-18(22)12-11-14-9-7-8-10-15(14)19(23)24/h7-10,16-17H,4-6,11-13H2,1-3H3,(H,21,22)(H,23,24). The summed E-state index contributed by atoms with van der Waals surface area (Å²) >= 11 is 0. The number of hydrogen-bond donors (Lipinski definition) is 2. The molecule has 1 aliphatic rings. The van der Waals surface area contributed by atoms with Gasteiger partial charge in [-0.3, -0.25) is 4.79 Å². The second-order valence-electron chi connectivity index (χ2n) is 6.70. The first-order chi connectivity index (χ1) is 12.0. The van der Waals surface area contributed by atoms with Crippen LogP contribution in [0.3, 0.4) is 0 Å². The monoisotopic (exact) mass is 347 g/mol. The van der Waals surface area contributed by atoms with Crippen LogP contribution in [0.15, 0.2) is 24.3 Å². The van der Waals surface area contributed by atoms with E-state index in [-0.39, 0.29) is 29.0 Å². The SMILES string of the molecule is CCOC1CC(NC(=O)CCc2ccccc2C(=O)O)C1(CC)CC. The predicted molar refractivity (Wildman–Crippen MR) is 96.7 cm³/mol. The number of carboxylic acid groups (broad SMARTS) is 1. The molecule has 5 nitrogen and oxygen atoms in total. The van der Waals surface area contributed by atoms with Crippen LogP contribution in [0.2, 0.25) is 0 Å². The Morgan fingerprint density at radius 2 is 1.92 bits per heavy atom. The smallest absolute Gasteiger partial charge is 0.335 e. The fourth-order valence-corrected chi connectivity index (χ4v) is 4.05. The third kappa shape index (κ3) is 4.03. The van der Waals surface area contributed by atoms with E-state index in [2.05, 4.69) is 19.2 Å². The van der Waals surface area contributed by atoms with E-state index in [4.69, 9.17) is 4.74 Å². The lowest BCUT2D eigenvalue weighted by atomic mass is 9.58. The highest BCUT2D eigenvalue weighted by atomic mass is 16.5. The van der Waals surface area contributed by atoms with Gasteiger partial charge in [0, 0.05) is 24.5 Å². The molecular weight excluding hydrogens is 318 g/mol. The zero-order chi connectivity index (χ0) is 18.4. The molecule has 2 rings (SSSR count). The van der Waals surface area contributed by atoms with Gasteiger partial charge in [-0.25, -0.2) is 4.79 Å². The highest BCUT2D eigenvalue weighted by Crippen LogP contribution is 2.48. The molecule has 0 spiro atoms. The summed E-state index contributed by atoms with van der Waals surface area (Å²) in [6.07, 6.45) is 3.74. The number of carbonyl (C=O) groups excluding carboxylic acids is 1. The van der Waals surface area contributed by atoms with Crippen LogP contribution in [-0.4, -0.2) is 35.7 Å². The summed E-state index contributed by atoms with van der Waals surface area (Å²) in [4.78, 5) is 23.6. The minimum atomic E-state index is -0.953. The summed E-state index contributed by atoms with van der Waals surface area (Å²) in [5, 5.41) is 12.4. The van der Waals surface area contributed by atoms with Crippen LogP contribution in [0, 0.1) is 5.41 Å². The maximum absolute atomic E-state index is 12.4. The molecule has 1 aliphatic carbocycles. The van der Waals surface area contributed by atoms with Gasteiger partial charge < -0.3 is 15.2 Å². The second-order valence-corrected chi connectivity index (χ2v) is 6.70. The number of ether oxygens (including phenoxy) is 1. The summed E-state index contributed by atoms with van der Waals surface area (Å²) in [5.74, 6) is -0.975. The molecule has 0 aromatic heterocycles. The number of hydrogen-bond acceptors (Lipinski definition) is 3. The first-order valence-electron chi connectivity index (χ1n) is 9.20. The van der Waals surface area contributed by atoms with Crippen molar-refractivity contribution in [3.05, 3.63) is 35.4 Å². The van der Waals surface area contributed by atoms with Gasteiger partial charge in [0.15, 0.2) is 0 Å². The Morgan fingerprint density at radius 3 is 2.52 bits per heavy atom. The fraction of sp³-hybridized carbons (Fsp3) is 0.600. The molecule has 1 amide bonds. The van der Waals surface area contributed by atoms with E-state index in [1.54, 1.807) is 24.3 Å². The molecule has 1 aromatic carbocycles. The van der Waals surface area contributed by atoms with Crippen LogP contribution in [0.4, 0.5) is 0 Å². The van der Waals surface area contributed by atoms with E-state index in [0.717, 1.165) is 19.3 Å². The first kappa shape index (κ1) is 19.4. The van der Waals surface area contributed by atoms with Crippen molar-refractivity contribution in [3.8, 4) is 0 Å². The Morgan fingerprint density at radius 1 is 1.24 bits per heavy atom. The number of amides is 1. The molecule has 0 aliphatic heterocycles. The van der Waals surface area contributed by atoms with Crippen molar-refractivity contribution in [1.82, 2.24) is 5.32 Å². The van der Waals surface area contributed by atoms with Crippen molar-refractivity contribution in [2.75, 3.05) is 6.61 Å². The Kier molecular flexibility index (Phi) is 6.59. The number of aryl methyl sites for hydroxylation is 1. The minimum absolute atomic E-state index is 0.0185. The summed E-state index contributed by atoms with van der Waals surface area (Å²) in [6.45, 7) is 6.99. The van der Waals surface area contributed by atoms with Crippen LogP contribution >= 0.6 is 0 Å². The van der Waals surface area contributed by atoms with Crippen LogP contribution in [0.25, 0.3) is 0 Å². The third-order valence-electron chi connectivity index (χ3n) is 5.67. The number of nitrogens with one attached hydrogen (secondary N) is 1. The average Bonchev–Trinajstić information content (AvgIpc) is 2.60. The highest BCUT2D eigenvalue weighted by Gasteiger charge is 2.53. The molecular formula is C20H29NO4. The molecule has 1 aromatic rings. The summed E-state index contributed by atoms with van der Waals surface area (Å²) < 4.78 is 5.84. The number of rotatable bonds is 9. The normalized spacial score (nSPS) is 21.4. The number of aromatic carboxylic acids is 1. The third-order valence-corrected chi connectivity index (χ3v) is 5.67. The molecule has 2 atom stereocenters. The Labute approximate surface area is 149 Å². The zero-order valence-corrected chi connectivity index (χ0v) is 15.4. The Hall–Kier alpha value is -1.88. The molecule has 1 saturated carbocycles. The van der Waals surface area contributed by atoms with Crippen LogP contribution < -0.4 is 5.32 Å². The zero-order valence-electron chi connectivity index (χ0n) is 15.4. The Bertz CT molecular complexity index is 609. The van der Waals surface area contributed by atoms with Gasteiger partial charge in [-0.15, -0.1) is 0 Å². The lowest BCUT2D eigenvalue weighted by Gasteiger charge is -2.55. The predicted octanol–water partition coefficient (Wildman–Crippen LogP) is 3.42. The largest absolute Gasteiger partial charge is 0.478 e. The van der Waals surface area contributed by atoms with Gasteiger partial charge in [0.25, 0.3) is 0 Å². The van der Waals surface area contributed by atoms with Crippen LogP contribution in [0.5, 0.6) is 0 Å². The van der Waals surface area contributed by atoms with Crippen molar-refractivity contribution in [2.24, 2.45) is 5.41 Å². The maximum atomic E-state index is 12.4. The maximum Gasteiger partial charge on any atom is 0.335 e. The molecule has 25 heavy (non-hydrogen) atoms. The molecule has 1 fully saturated rings. The average molecular weight is 347 g/mol. The molecule has 0 bridgehead atoms. The van der Waals surface area contributed by atoms with Gasteiger partial charge in [-0.2, -0.15) is 0 Å². The van der Waals surface area contributed by atoms with E-state index in [1.165, 1.54) is 0 Å². The number of carboxylic acids is 1. The molecule has 0 saturated heterocycles. The van der Waals surface area contributed by atoms with Crippen molar-refractivity contribution in [3.63, 3.8) is 0 Å². The topological polar surface area (TPSA) is 75.6 Å². The van der Waals surface area contributed by atoms with Gasteiger partial charge in [0.05, 0.1) is 11.7 Å². The van der Waals surface area contributed by atoms with Gasteiger partial charge in [-0.05, 0) is 44.2 Å². The molecule has 2 unspecified atom stereocenters. The molecule has 0 heterocycles. The van der Waals surface area contributed by atoms with Gasteiger partial charge in [-0.1, -0.05) is 32.0 Å². The fourth-order valence-electron chi connectivity index (χ4n) is 4.05. The van der Waals surface area contributed by atoms with Gasteiger partial charge in [0.2, 0.25) is 5.91 Å². The van der Waals surface area contributed by atoms with Crippen LogP contribution in [0.1, 0.15) is 62.4 Å². The number of carbonyl (C=O) groups is 2. The van der Waals surface area contributed by atoms with E-state index in [0.29, 0.717) is 25.0 Å². The highest BCUT2D eigenvalue weighted by molar-refractivity contribution is 5.89. The minimum Gasteiger partial charge on any atom is -0.478 e. The van der Waals surface area contributed by atoms with E-state index in [1.807, 2.05) is 6.92 Å². The molecule has 5 heteroatoms. The van der Waals surface area contributed by atoms with Crippen molar-refractivity contribution >= 4 is 11.9 Å². The van der Waals surface area contributed by atoms with Crippen molar-refractivity contribution < 1.29 is 19.4 Å². The number of benzene rings is 1. The van der Waals surface area contributed by atoms with E-state index < -0.39 is 5.97 Å². The summed E-state index contributed by atoms with van der Waals surface area (Å²) in [6, 6.07) is 6.99. The van der Waals surface area contributed by atoms with E-state index >= 15 is 0 Å².